The highest BCUT2D eigenvalue weighted by molar-refractivity contribution is 5.75. The van der Waals surface area contributed by atoms with E-state index in [1.807, 2.05) is 36.7 Å². The van der Waals surface area contributed by atoms with E-state index in [0.29, 0.717) is 5.56 Å². The van der Waals surface area contributed by atoms with Crippen molar-refractivity contribution in [3.8, 4) is 17.3 Å². The third-order valence-corrected chi connectivity index (χ3v) is 6.35. The lowest BCUT2D eigenvalue weighted by Crippen LogP contribution is -2.44. The fourth-order valence-corrected chi connectivity index (χ4v) is 4.76. The summed E-state index contributed by atoms with van der Waals surface area (Å²) in [7, 11) is 0. The molecule has 0 radical (unpaired) electrons. The van der Waals surface area contributed by atoms with E-state index in [0.717, 1.165) is 71.7 Å². The summed E-state index contributed by atoms with van der Waals surface area (Å²) in [6.45, 7) is 3.57. The van der Waals surface area contributed by atoms with Crippen LogP contribution >= 0.6 is 0 Å². The van der Waals surface area contributed by atoms with Gasteiger partial charge in [0, 0.05) is 50.1 Å². The van der Waals surface area contributed by atoms with Crippen molar-refractivity contribution in [2.75, 3.05) is 31.1 Å². The molecule has 6 rings (SSSR count). The standard InChI is InChI=1S/C24H22N8O/c25-14-15-1-3-16(4-2-15)20-21(17-5-6-18-19(13-17)29-24(33)28-18)32-12-9-27-22(23(32)30-20)31-10-7-26-8-11-31/h1-4,6,9,12-13,17,26H,5,7-8,10-11H2,(H2,28,29,33). The van der Waals surface area contributed by atoms with Gasteiger partial charge < -0.3 is 20.2 Å². The summed E-state index contributed by atoms with van der Waals surface area (Å²) in [4.78, 5) is 29.6. The van der Waals surface area contributed by atoms with E-state index in [2.05, 4.69) is 42.8 Å². The molecule has 1 aliphatic carbocycles. The van der Waals surface area contributed by atoms with Crippen LogP contribution in [0.25, 0.3) is 29.1 Å². The summed E-state index contributed by atoms with van der Waals surface area (Å²) >= 11 is 0. The van der Waals surface area contributed by atoms with E-state index in [4.69, 9.17) is 9.97 Å². The predicted molar refractivity (Wildman–Crippen MR) is 125 cm³/mol. The van der Waals surface area contributed by atoms with Crippen molar-refractivity contribution in [3.63, 3.8) is 0 Å². The first-order chi connectivity index (χ1) is 16.2. The first kappa shape index (κ1) is 19.5. The normalized spacial score (nSPS) is 17.8. The molecule has 1 aliphatic heterocycles. The van der Waals surface area contributed by atoms with Gasteiger partial charge in [-0.05, 0) is 24.6 Å². The molecule has 1 saturated heterocycles. The molecule has 1 aromatic carbocycles. The van der Waals surface area contributed by atoms with Gasteiger partial charge in [-0.15, -0.1) is 0 Å². The number of anilines is 1. The lowest BCUT2D eigenvalue weighted by molar-refractivity contribution is 0.585. The molecular formula is C24H22N8O. The van der Waals surface area contributed by atoms with E-state index in [1.165, 1.54) is 0 Å². The van der Waals surface area contributed by atoms with Crippen LogP contribution < -0.4 is 26.6 Å². The second kappa shape index (κ2) is 7.76. The van der Waals surface area contributed by atoms with Crippen LogP contribution in [0.4, 0.5) is 5.82 Å². The highest BCUT2D eigenvalue weighted by Gasteiger charge is 2.25. The maximum Gasteiger partial charge on any atom is 0.323 e. The molecule has 0 saturated carbocycles. The lowest BCUT2D eigenvalue weighted by Gasteiger charge is -2.28. The molecule has 164 valence electrons. The monoisotopic (exact) mass is 438 g/mol. The van der Waals surface area contributed by atoms with Crippen molar-refractivity contribution in [2.24, 2.45) is 0 Å². The number of hydrogen-bond acceptors (Lipinski definition) is 6. The fraction of sp³-hybridized carbons (Fsp3) is 0.250. The van der Waals surface area contributed by atoms with Crippen molar-refractivity contribution in [3.05, 3.63) is 69.1 Å². The van der Waals surface area contributed by atoms with E-state index in [9.17, 15) is 10.1 Å². The zero-order valence-corrected chi connectivity index (χ0v) is 17.9. The van der Waals surface area contributed by atoms with Crippen LogP contribution in [0.15, 0.2) is 41.5 Å². The summed E-state index contributed by atoms with van der Waals surface area (Å²) < 4.78 is 2.13. The molecule has 1 fully saturated rings. The molecule has 0 spiro atoms. The molecule has 1 unspecified atom stereocenters. The van der Waals surface area contributed by atoms with Crippen LogP contribution in [-0.4, -0.2) is 50.5 Å². The number of hydrogen-bond donors (Lipinski definition) is 3. The Bertz CT molecular complexity index is 1560. The number of rotatable bonds is 3. The molecular weight excluding hydrogens is 416 g/mol. The van der Waals surface area contributed by atoms with Crippen LogP contribution in [0.2, 0.25) is 0 Å². The summed E-state index contributed by atoms with van der Waals surface area (Å²) in [5, 5.41) is 14.2. The van der Waals surface area contributed by atoms with Gasteiger partial charge in [-0.25, -0.2) is 14.8 Å². The summed E-state index contributed by atoms with van der Waals surface area (Å²) in [6, 6.07) is 9.70. The zero-order chi connectivity index (χ0) is 22.4. The Labute approximate surface area is 188 Å². The molecule has 2 aliphatic rings. The first-order valence-corrected chi connectivity index (χ1v) is 11.0. The third-order valence-electron chi connectivity index (χ3n) is 6.35. The zero-order valence-electron chi connectivity index (χ0n) is 17.9. The smallest absolute Gasteiger partial charge is 0.323 e. The highest BCUT2D eigenvalue weighted by Crippen LogP contribution is 2.35. The Morgan fingerprint density at radius 3 is 2.67 bits per heavy atom. The lowest BCUT2D eigenvalue weighted by atomic mass is 9.93. The molecule has 1 atom stereocenters. The minimum Gasteiger partial charge on any atom is -0.351 e. The second-order valence-corrected chi connectivity index (χ2v) is 8.34. The van der Waals surface area contributed by atoms with Crippen LogP contribution in [0.1, 0.15) is 23.6 Å². The number of piperazine rings is 1. The van der Waals surface area contributed by atoms with Gasteiger partial charge in [-0.2, -0.15) is 5.26 Å². The average molecular weight is 438 g/mol. The van der Waals surface area contributed by atoms with Gasteiger partial charge in [0.1, 0.15) is 0 Å². The number of nitrogens with zero attached hydrogens (tertiary/aromatic N) is 5. The molecule has 3 N–H and O–H groups in total. The third kappa shape index (κ3) is 3.32. The first-order valence-electron chi connectivity index (χ1n) is 11.0. The predicted octanol–water partition coefficient (Wildman–Crippen LogP) is 0.442. The number of benzene rings is 1. The summed E-state index contributed by atoms with van der Waals surface area (Å²) in [6.07, 6.45) is 8.67. The largest absolute Gasteiger partial charge is 0.351 e. The Balaban J connectivity index is 1.57. The van der Waals surface area contributed by atoms with Gasteiger partial charge in [-0.1, -0.05) is 18.2 Å². The number of nitriles is 1. The average Bonchev–Trinajstić information content (AvgIpc) is 3.43. The van der Waals surface area contributed by atoms with Gasteiger partial charge in [0.15, 0.2) is 11.5 Å². The van der Waals surface area contributed by atoms with Gasteiger partial charge in [0.2, 0.25) is 0 Å². The van der Waals surface area contributed by atoms with Gasteiger partial charge >= 0.3 is 5.69 Å². The van der Waals surface area contributed by atoms with Gasteiger partial charge in [0.25, 0.3) is 0 Å². The fourth-order valence-electron chi connectivity index (χ4n) is 4.76. The number of imidazole rings is 2. The molecule has 4 heterocycles. The molecule has 0 bridgehead atoms. The summed E-state index contributed by atoms with van der Waals surface area (Å²) in [5.74, 6) is 0.888. The van der Waals surface area contributed by atoms with Crippen molar-refractivity contribution in [1.29, 1.82) is 5.26 Å². The molecule has 33 heavy (non-hydrogen) atoms. The molecule has 0 amide bonds. The second-order valence-electron chi connectivity index (χ2n) is 8.34. The number of H-pyrrole nitrogens is 2. The Kier molecular flexibility index (Phi) is 4.59. The SMILES string of the molecule is N#Cc1ccc(-c2nc3c(N4CCNCC4)nccn3c2C2C=c3[nH]c(=O)[nH]c3=CC2)cc1. The molecule has 9 nitrogen and oxygen atoms in total. The van der Waals surface area contributed by atoms with E-state index < -0.39 is 0 Å². The van der Waals surface area contributed by atoms with Crippen LogP contribution in [0.5, 0.6) is 0 Å². The van der Waals surface area contributed by atoms with E-state index in [-0.39, 0.29) is 11.6 Å². The molecule has 4 aromatic rings. The van der Waals surface area contributed by atoms with Crippen LogP contribution in [0.3, 0.4) is 0 Å². The summed E-state index contributed by atoms with van der Waals surface area (Å²) in [5.41, 5.74) is 4.07. The molecule has 9 heteroatoms. The maximum absolute atomic E-state index is 11.8. The van der Waals surface area contributed by atoms with Crippen molar-refractivity contribution >= 4 is 23.6 Å². The van der Waals surface area contributed by atoms with Crippen LogP contribution in [0, 0.1) is 11.3 Å². The minimum atomic E-state index is -0.205. The topological polar surface area (TPSA) is 118 Å². The van der Waals surface area contributed by atoms with E-state index >= 15 is 0 Å². The Hall–Kier alpha value is -4.16. The number of nitrogens with one attached hydrogen (secondary N) is 3. The van der Waals surface area contributed by atoms with Crippen molar-refractivity contribution in [2.45, 2.75) is 12.3 Å². The maximum atomic E-state index is 11.8. The van der Waals surface area contributed by atoms with Crippen molar-refractivity contribution in [1.82, 2.24) is 29.7 Å². The van der Waals surface area contributed by atoms with Gasteiger partial charge in [-0.3, -0.25) is 4.40 Å². The number of aromatic nitrogens is 5. The number of fused-ring (bicyclic) bond motifs is 2. The van der Waals surface area contributed by atoms with Crippen molar-refractivity contribution < 1.29 is 0 Å². The van der Waals surface area contributed by atoms with E-state index in [1.54, 1.807) is 0 Å². The highest BCUT2D eigenvalue weighted by atomic mass is 16.1. The Morgan fingerprint density at radius 2 is 1.88 bits per heavy atom. The van der Waals surface area contributed by atoms with Gasteiger partial charge in [0.05, 0.1) is 33.7 Å². The molecule has 3 aromatic heterocycles. The quantitative estimate of drug-likeness (QED) is 0.427. The minimum absolute atomic E-state index is 0.0165. The number of aromatic amines is 2. The van der Waals surface area contributed by atoms with Crippen LogP contribution in [-0.2, 0) is 0 Å². The Morgan fingerprint density at radius 1 is 1.09 bits per heavy atom.